The number of nitrogens with one attached hydrogen (secondary N) is 1. The molecule has 0 bridgehead atoms. The van der Waals surface area contributed by atoms with Gasteiger partial charge in [0, 0.05) is 54.1 Å². The Morgan fingerprint density at radius 1 is 1.12 bits per heavy atom. The molecule has 0 spiro atoms. The van der Waals surface area contributed by atoms with Crippen LogP contribution in [0, 0.1) is 15.9 Å². The highest BCUT2D eigenvalue weighted by Crippen LogP contribution is 2.34. The van der Waals surface area contributed by atoms with Gasteiger partial charge < -0.3 is 10.2 Å². The van der Waals surface area contributed by atoms with E-state index in [2.05, 4.69) is 5.32 Å². The van der Waals surface area contributed by atoms with Crippen LogP contribution >= 0.6 is 11.8 Å². The number of piperazine rings is 1. The van der Waals surface area contributed by atoms with Crippen LogP contribution in [0.3, 0.4) is 0 Å². The highest BCUT2D eigenvalue weighted by molar-refractivity contribution is 7.99. The van der Waals surface area contributed by atoms with Crippen molar-refractivity contribution in [3.8, 4) is 0 Å². The van der Waals surface area contributed by atoms with Gasteiger partial charge in [-0.25, -0.2) is 4.39 Å². The summed E-state index contributed by atoms with van der Waals surface area (Å²) in [7, 11) is 0. The topological polar surface area (TPSA) is 95.8 Å². The molecule has 1 aliphatic heterocycles. The number of nitrogens with zero attached hydrogens (tertiary/aromatic N) is 3. The molecule has 1 fully saturated rings. The summed E-state index contributed by atoms with van der Waals surface area (Å²) in [5.41, 5.74) is -0.0336. The number of non-ortho nitro benzene ring substituents is 1. The number of hydrogen-bond donors (Lipinski definition) is 1. The number of carbonyl (C=O) groups excluding carboxylic acids is 2. The van der Waals surface area contributed by atoms with Gasteiger partial charge in [0.1, 0.15) is 5.82 Å². The lowest BCUT2D eigenvalue weighted by Crippen LogP contribution is -2.51. The molecule has 0 aromatic heterocycles. The molecule has 1 heterocycles. The van der Waals surface area contributed by atoms with Gasteiger partial charge in [0.05, 0.1) is 17.0 Å². The van der Waals surface area contributed by atoms with Gasteiger partial charge in [-0.1, -0.05) is 23.9 Å². The van der Waals surface area contributed by atoms with Crippen molar-refractivity contribution in [1.29, 1.82) is 0 Å². The monoisotopic (exact) mass is 460 g/mol. The molecule has 0 aliphatic carbocycles. The minimum atomic E-state index is -0.556. The first-order chi connectivity index (χ1) is 15.2. The van der Waals surface area contributed by atoms with Crippen LogP contribution in [-0.2, 0) is 4.79 Å². The lowest BCUT2D eigenvalue weighted by Gasteiger charge is -2.34. The van der Waals surface area contributed by atoms with Crippen LogP contribution in [0.1, 0.15) is 24.2 Å². The second-order valence-corrected chi connectivity index (χ2v) is 8.84. The lowest BCUT2D eigenvalue weighted by atomic mass is 10.1. The summed E-state index contributed by atoms with van der Waals surface area (Å²) < 4.78 is 14.1. The zero-order valence-electron chi connectivity index (χ0n) is 17.9. The predicted molar refractivity (Wildman–Crippen MR) is 119 cm³/mol. The van der Waals surface area contributed by atoms with Crippen LogP contribution in [0.25, 0.3) is 0 Å². The maximum absolute atomic E-state index is 14.1. The summed E-state index contributed by atoms with van der Waals surface area (Å²) >= 11 is 1.06. The Kier molecular flexibility index (Phi) is 7.81. The molecule has 0 unspecified atom stereocenters. The van der Waals surface area contributed by atoms with Gasteiger partial charge in [-0.3, -0.25) is 24.6 Å². The molecule has 32 heavy (non-hydrogen) atoms. The largest absolute Gasteiger partial charge is 0.353 e. The molecule has 1 N–H and O–H groups in total. The molecular weight excluding hydrogens is 435 g/mol. The highest BCUT2D eigenvalue weighted by atomic mass is 32.2. The highest BCUT2D eigenvalue weighted by Gasteiger charge is 2.27. The van der Waals surface area contributed by atoms with Gasteiger partial charge in [0.25, 0.3) is 11.6 Å². The zero-order valence-corrected chi connectivity index (χ0v) is 18.7. The van der Waals surface area contributed by atoms with Crippen molar-refractivity contribution in [3.05, 3.63) is 64.0 Å². The number of hydrogen-bond acceptors (Lipinski definition) is 6. The second-order valence-electron chi connectivity index (χ2n) is 7.76. The van der Waals surface area contributed by atoms with E-state index < -0.39 is 10.7 Å². The number of benzene rings is 2. The standard InChI is InChI=1S/C22H25FN4O4S/c1-15(2)24-21(28)14-25-9-11-26(12-10-25)22(29)17-13-16(27(30)31)7-8-19(17)32-20-6-4-3-5-18(20)23/h3-8,13,15H,9-12,14H2,1-2H3,(H,24,28). The van der Waals surface area contributed by atoms with Crippen LogP contribution in [0.15, 0.2) is 52.3 Å². The predicted octanol–water partition coefficient (Wildman–Crippen LogP) is 3.17. The van der Waals surface area contributed by atoms with E-state index in [1.807, 2.05) is 18.7 Å². The minimum Gasteiger partial charge on any atom is -0.353 e. The molecule has 0 atom stereocenters. The van der Waals surface area contributed by atoms with E-state index in [9.17, 15) is 24.1 Å². The number of amides is 2. The number of rotatable bonds is 7. The van der Waals surface area contributed by atoms with Crippen molar-refractivity contribution in [1.82, 2.24) is 15.1 Å². The van der Waals surface area contributed by atoms with Crippen molar-refractivity contribution in [3.63, 3.8) is 0 Å². The van der Waals surface area contributed by atoms with Gasteiger partial charge in [-0.15, -0.1) is 0 Å². The summed E-state index contributed by atoms with van der Waals surface area (Å²) in [6.45, 7) is 5.85. The van der Waals surface area contributed by atoms with Crippen LogP contribution in [0.5, 0.6) is 0 Å². The van der Waals surface area contributed by atoms with E-state index >= 15 is 0 Å². The Hall–Kier alpha value is -2.98. The van der Waals surface area contributed by atoms with Gasteiger partial charge in [-0.2, -0.15) is 0 Å². The Balaban J connectivity index is 1.75. The molecule has 3 rings (SSSR count). The molecule has 0 saturated carbocycles. The zero-order chi connectivity index (χ0) is 23.3. The SMILES string of the molecule is CC(C)NC(=O)CN1CCN(C(=O)c2cc([N+](=O)[O-])ccc2Sc2ccccc2F)CC1. The first-order valence-corrected chi connectivity index (χ1v) is 11.1. The Morgan fingerprint density at radius 2 is 1.81 bits per heavy atom. The molecule has 0 radical (unpaired) electrons. The summed E-state index contributed by atoms with van der Waals surface area (Å²) in [5.74, 6) is -0.844. The van der Waals surface area contributed by atoms with Gasteiger partial charge in [0.2, 0.25) is 5.91 Å². The number of halogens is 1. The van der Waals surface area contributed by atoms with E-state index in [1.165, 1.54) is 24.3 Å². The van der Waals surface area contributed by atoms with E-state index in [1.54, 1.807) is 23.1 Å². The lowest BCUT2D eigenvalue weighted by molar-refractivity contribution is -0.384. The van der Waals surface area contributed by atoms with Crippen LogP contribution in [0.2, 0.25) is 0 Å². The molecule has 170 valence electrons. The molecule has 10 heteroatoms. The molecule has 2 aromatic carbocycles. The van der Waals surface area contributed by atoms with Gasteiger partial charge >= 0.3 is 0 Å². The smallest absolute Gasteiger partial charge is 0.270 e. The molecule has 2 aromatic rings. The third kappa shape index (κ3) is 6.04. The fraction of sp³-hybridized carbons (Fsp3) is 0.364. The van der Waals surface area contributed by atoms with Crippen LogP contribution < -0.4 is 5.32 Å². The van der Waals surface area contributed by atoms with Gasteiger partial charge in [0.15, 0.2) is 0 Å². The maximum Gasteiger partial charge on any atom is 0.270 e. The summed E-state index contributed by atoms with van der Waals surface area (Å²) in [6.07, 6.45) is 0. The number of nitro benzene ring substituents is 1. The normalized spacial score (nSPS) is 14.4. The summed E-state index contributed by atoms with van der Waals surface area (Å²) in [6, 6.07) is 10.3. The van der Waals surface area contributed by atoms with Crippen molar-refractivity contribution >= 4 is 29.3 Å². The van der Waals surface area contributed by atoms with Crippen molar-refractivity contribution in [2.75, 3.05) is 32.7 Å². The second kappa shape index (κ2) is 10.6. The van der Waals surface area contributed by atoms with Crippen molar-refractivity contribution in [2.24, 2.45) is 0 Å². The molecule has 1 saturated heterocycles. The first kappa shape index (κ1) is 23.7. The molecule has 2 amide bonds. The van der Waals surface area contributed by atoms with E-state index in [4.69, 9.17) is 0 Å². The van der Waals surface area contributed by atoms with E-state index in [0.29, 0.717) is 36.0 Å². The molecule has 1 aliphatic rings. The first-order valence-electron chi connectivity index (χ1n) is 10.3. The average molecular weight is 461 g/mol. The third-order valence-electron chi connectivity index (χ3n) is 4.94. The van der Waals surface area contributed by atoms with Crippen LogP contribution in [-0.4, -0.2) is 65.3 Å². The fourth-order valence-electron chi connectivity index (χ4n) is 3.38. The van der Waals surface area contributed by atoms with E-state index in [-0.39, 0.29) is 35.7 Å². The quantitative estimate of drug-likeness (QED) is 0.504. The number of carbonyl (C=O) groups is 2. The van der Waals surface area contributed by atoms with Crippen LogP contribution in [0.4, 0.5) is 10.1 Å². The van der Waals surface area contributed by atoms with Crippen molar-refractivity contribution < 1.29 is 18.9 Å². The summed E-state index contributed by atoms with van der Waals surface area (Å²) in [4.78, 5) is 40.3. The Morgan fingerprint density at radius 3 is 2.44 bits per heavy atom. The summed E-state index contributed by atoms with van der Waals surface area (Å²) in [5, 5.41) is 14.1. The Bertz CT molecular complexity index is 1010. The average Bonchev–Trinajstić information content (AvgIpc) is 2.75. The third-order valence-corrected chi connectivity index (χ3v) is 6.06. The Labute approximate surface area is 189 Å². The minimum absolute atomic E-state index is 0.0598. The van der Waals surface area contributed by atoms with E-state index in [0.717, 1.165) is 11.8 Å². The maximum atomic E-state index is 14.1. The number of nitro groups is 1. The van der Waals surface area contributed by atoms with Crippen molar-refractivity contribution in [2.45, 2.75) is 29.7 Å². The fourth-order valence-corrected chi connectivity index (χ4v) is 4.33. The molecule has 8 nitrogen and oxygen atoms in total. The van der Waals surface area contributed by atoms with Gasteiger partial charge in [-0.05, 0) is 32.0 Å². The molecular formula is C22H25FN4O4S.